The van der Waals surface area contributed by atoms with Gasteiger partial charge in [-0.15, -0.1) is 0 Å². The second-order valence-corrected chi connectivity index (χ2v) is 11.4. The molecule has 1 aromatic heterocycles. The number of hydrogen-bond acceptors (Lipinski definition) is 6. The number of rotatable bonds is 8. The zero-order chi connectivity index (χ0) is 23.5. The summed E-state index contributed by atoms with van der Waals surface area (Å²) in [6.45, 7) is 2.55. The second-order valence-electron chi connectivity index (χ2n) is 7.54. The van der Waals surface area contributed by atoms with Crippen molar-refractivity contribution in [2.45, 2.75) is 23.3 Å². The van der Waals surface area contributed by atoms with Gasteiger partial charge in [-0.2, -0.15) is 0 Å². The predicted molar refractivity (Wildman–Crippen MR) is 126 cm³/mol. The Kier molecular flexibility index (Phi) is 6.87. The Morgan fingerprint density at radius 3 is 2.12 bits per heavy atom. The molecule has 2 aromatic carbocycles. The van der Waals surface area contributed by atoms with E-state index in [1.807, 2.05) is 37.1 Å². The van der Waals surface area contributed by atoms with Crippen molar-refractivity contribution >= 4 is 31.4 Å². The molecule has 0 bridgehead atoms. The molecule has 1 heterocycles. The van der Waals surface area contributed by atoms with Gasteiger partial charge in [0.15, 0.2) is 0 Å². The molecule has 0 spiro atoms. The Hall–Kier alpha value is -2.95. The smallest absolute Gasteiger partial charge is 0.261 e. The third-order valence-electron chi connectivity index (χ3n) is 5.02. The van der Waals surface area contributed by atoms with Crippen molar-refractivity contribution in [1.29, 1.82) is 0 Å². The van der Waals surface area contributed by atoms with E-state index in [2.05, 4.69) is 9.71 Å². The number of benzene rings is 2. The van der Waals surface area contributed by atoms with Gasteiger partial charge in [0.2, 0.25) is 10.0 Å². The quantitative estimate of drug-likeness (QED) is 0.539. The van der Waals surface area contributed by atoms with Gasteiger partial charge in [0, 0.05) is 40.1 Å². The number of aromatic nitrogens is 1. The van der Waals surface area contributed by atoms with Crippen LogP contribution in [-0.2, 0) is 26.6 Å². The van der Waals surface area contributed by atoms with E-state index in [0.29, 0.717) is 17.9 Å². The maximum atomic E-state index is 13.0. The summed E-state index contributed by atoms with van der Waals surface area (Å²) in [7, 11) is -2.85. The van der Waals surface area contributed by atoms with E-state index in [1.54, 1.807) is 24.5 Å². The Labute approximate surface area is 189 Å². The largest absolute Gasteiger partial charge is 0.369 e. The summed E-state index contributed by atoms with van der Waals surface area (Å²) < 4.78 is 54.1. The first-order valence-electron chi connectivity index (χ1n) is 9.77. The van der Waals surface area contributed by atoms with Gasteiger partial charge in [-0.1, -0.05) is 12.1 Å². The zero-order valence-corrected chi connectivity index (χ0v) is 20.0. The van der Waals surface area contributed by atoms with Crippen molar-refractivity contribution < 1.29 is 16.8 Å². The van der Waals surface area contributed by atoms with Crippen LogP contribution in [-0.4, -0.2) is 47.3 Å². The van der Waals surface area contributed by atoms with Gasteiger partial charge in [-0.25, -0.2) is 21.1 Å². The van der Waals surface area contributed by atoms with Gasteiger partial charge in [0.05, 0.1) is 21.2 Å². The molecule has 0 aliphatic heterocycles. The monoisotopic (exact) mass is 474 g/mol. The van der Waals surface area contributed by atoms with E-state index in [9.17, 15) is 16.8 Å². The minimum atomic E-state index is -3.93. The Morgan fingerprint density at radius 1 is 0.875 bits per heavy atom. The van der Waals surface area contributed by atoms with Gasteiger partial charge in [0.1, 0.15) is 0 Å². The maximum absolute atomic E-state index is 13.0. The number of para-hydroxylation sites is 2. The molecule has 170 valence electrons. The van der Waals surface area contributed by atoms with Crippen LogP contribution in [0, 0.1) is 6.92 Å². The molecular formula is C22H26N4O4S2. The van der Waals surface area contributed by atoms with E-state index in [1.165, 1.54) is 38.4 Å². The fraction of sp³-hybridized carbons (Fsp3) is 0.227. The van der Waals surface area contributed by atoms with Gasteiger partial charge >= 0.3 is 0 Å². The first-order valence-corrected chi connectivity index (χ1v) is 12.7. The summed E-state index contributed by atoms with van der Waals surface area (Å²) in [6, 6.07) is 14.2. The molecular weight excluding hydrogens is 448 g/mol. The maximum Gasteiger partial charge on any atom is 0.261 e. The highest BCUT2D eigenvalue weighted by Gasteiger charge is 2.21. The molecule has 10 heteroatoms. The number of hydrogen-bond donors (Lipinski definition) is 1. The number of nitrogens with zero attached hydrogens (tertiary/aromatic N) is 3. The lowest BCUT2D eigenvalue weighted by Gasteiger charge is -2.23. The van der Waals surface area contributed by atoms with E-state index in [4.69, 9.17) is 0 Å². The molecule has 8 nitrogen and oxygen atoms in total. The SMILES string of the molecule is Cc1cnccc1CN(C)c1ccccc1NS(=O)(=O)c1ccc(S(=O)(=O)N(C)C)cc1. The Morgan fingerprint density at radius 2 is 1.50 bits per heavy atom. The fourth-order valence-electron chi connectivity index (χ4n) is 3.12. The molecule has 0 amide bonds. The van der Waals surface area contributed by atoms with E-state index in [-0.39, 0.29) is 9.79 Å². The van der Waals surface area contributed by atoms with E-state index < -0.39 is 20.0 Å². The van der Waals surface area contributed by atoms with Gasteiger partial charge < -0.3 is 4.90 Å². The molecule has 0 atom stereocenters. The molecule has 3 rings (SSSR count). The van der Waals surface area contributed by atoms with Crippen LogP contribution in [0.1, 0.15) is 11.1 Å². The van der Waals surface area contributed by atoms with Crippen LogP contribution in [0.3, 0.4) is 0 Å². The summed E-state index contributed by atoms with van der Waals surface area (Å²) >= 11 is 0. The molecule has 1 N–H and O–H groups in total. The van der Waals surface area contributed by atoms with Crippen molar-refractivity contribution in [3.8, 4) is 0 Å². The van der Waals surface area contributed by atoms with Crippen LogP contribution in [0.15, 0.2) is 76.8 Å². The van der Waals surface area contributed by atoms with Gasteiger partial charge in [-0.3, -0.25) is 9.71 Å². The van der Waals surface area contributed by atoms with E-state index >= 15 is 0 Å². The molecule has 0 saturated carbocycles. The lowest BCUT2D eigenvalue weighted by Crippen LogP contribution is -2.22. The normalized spacial score (nSPS) is 12.0. The topological polar surface area (TPSA) is 99.7 Å². The van der Waals surface area contributed by atoms with Crippen LogP contribution in [0.25, 0.3) is 0 Å². The first kappa shape index (κ1) is 23.7. The molecule has 32 heavy (non-hydrogen) atoms. The molecule has 0 radical (unpaired) electrons. The molecule has 0 aliphatic rings. The number of nitrogens with one attached hydrogen (secondary N) is 1. The molecule has 0 saturated heterocycles. The highest BCUT2D eigenvalue weighted by atomic mass is 32.2. The van der Waals surface area contributed by atoms with Crippen molar-refractivity contribution in [2.75, 3.05) is 30.8 Å². The Bertz CT molecular complexity index is 1310. The third kappa shape index (κ3) is 5.09. The number of pyridine rings is 1. The van der Waals surface area contributed by atoms with Crippen molar-refractivity contribution in [3.63, 3.8) is 0 Å². The summed E-state index contributed by atoms with van der Waals surface area (Å²) in [5.41, 5.74) is 3.26. The highest BCUT2D eigenvalue weighted by Crippen LogP contribution is 2.29. The summed E-state index contributed by atoms with van der Waals surface area (Å²) in [5, 5.41) is 0. The molecule has 0 aliphatic carbocycles. The highest BCUT2D eigenvalue weighted by molar-refractivity contribution is 7.92. The molecule has 0 fully saturated rings. The summed E-state index contributed by atoms with van der Waals surface area (Å²) in [5.74, 6) is 0. The van der Waals surface area contributed by atoms with Crippen molar-refractivity contribution in [3.05, 3.63) is 78.1 Å². The van der Waals surface area contributed by atoms with Crippen molar-refractivity contribution in [1.82, 2.24) is 9.29 Å². The van der Waals surface area contributed by atoms with Gasteiger partial charge in [-0.05, 0) is 60.5 Å². The van der Waals surface area contributed by atoms with E-state index in [0.717, 1.165) is 15.4 Å². The number of sulfonamides is 2. The minimum Gasteiger partial charge on any atom is -0.369 e. The van der Waals surface area contributed by atoms with Crippen LogP contribution in [0.4, 0.5) is 11.4 Å². The van der Waals surface area contributed by atoms with Gasteiger partial charge in [0.25, 0.3) is 10.0 Å². The zero-order valence-electron chi connectivity index (χ0n) is 18.3. The summed E-state index contributed by atoms with van der Waals surface area (Å²) in [6.07, 6.45) is 3.52. The molecule has 3 aromatic rings. The number of anilines is 2. The van der Waals surface area contributed by atoms with Crippen LogP contribution >= 0.6 is 0 Å². The second kappa shape index (κ2) is 9.27. The fourth-order valence-corrected chi connectivity index (χ4v) is 5.09. The van der Waals surface area contributed by atoms with Crippen LogP contribution < -0.4 is 9.62 Å². The van der Waals surface area contributed by atoms with Crippen LogP contribution in [0.2, 0.25) is 0 Å². The van der Waals surface area contributed by atoms with Crippen LogP contribution in [0.5, 0.6) is 0 Å². The third-order valence-corrected chi connectivity index (χ3v) is 8.23. The lowest BCUT2D eigenvalue weighted by molar-refractivity contribution is 0.520. The number of aryl methyl sites for hydroxylation is 1. The standard InChI is InChI=1S/C22H26N4O4S2/c1-17-15-23-14-13-18(17)16-26(4)22-8-6-5-7-21(22)24-31(27,28)19-9-11-20(12-10-19)32(29,30)25(2)3/h5-15,24H,16H2,1-4H3. The predicted octanol–water partition coefficient (Wildman–Crippen LogP) is 3.08. The lowest BCUT2D eigenvalue weighted by atomic mass is 10.1. The first-order chi connectivity index (χ1) is 15.0. The molecule has 0 unspecified atom stereocenters. The average molecular weight is 475 g/mol. The average Bonchev–Trinajstić information content (AvgIpc) is 2.75. The minimum absolute atomic E-state index is 0.0225. The van der Waals surface area contributed by atoms with Crippen molar-refractivity contribution in [2.24, 2.45) is 0 Å². The Balaban J connectivity index is 1.86. The summed E-state index contributed by atoms with van der Waals surface area (Å²) in [4.78, 5) is 6.05.